The van der Waals surface area contributed by atoms with Crippen LogP contribution in [0.5, 0.6) is 0 Å². The predicted octanol–water partition coefficient (Wildman–Crippen LogP) is 2.98. The summed E-state index contributed by atoms with van der Waals surface area (Å²) in [5.74, 6) is -3.40. The van der Waals surface area contributed by atoms with Crippen molar-refractivity contribution in [3.8, 4) is 0 Å². The van der Waals surface area contributed by atoms with Crippen LogP contribution in [0.3, 0.4) is 0 Å². The summed E-state index contributed by atoms with van der Waals surface area (Å²) in [5.41, 5.74) is 2.46. The van der Waals surface area contributed by atoms with Crippen molar-refractivity contribution in [1.82, 2.24) is 15.4 Å². The molecule has 5 N–H and O–H groups in total. The maximum absolute atomic E-state index is 14.1. The summed E-state index contributed by atoms with van der Waals surface area (Å²) in [5, 5.41) is 14.6. The van der Waals surface area contributed by atoms with Gasteiger partial charge in [0.05, 0.1) is 18.8 Å². The molecule has 0 unspecified atom stereocenters. The molecule has 2 amide bonds. The summed E-state index contributed by atoms with van der Waals surface area (Å²) in [6.45, 7) is -0.661. The summed E-state index contributed by atoms with van der Waals surface area (Å²) in [6, 6.07) is 7.67. The summed E-state index contributed by atoms with van der Waals surface area (Å²) < 4.78 is 61.7. The number of aliphatic hydroxyl groups is 1. The number of carbonyl (C=O) groups is 2. The summed E-state index contributed by atoms with van der Waals surface area (Å²) in [4.78, 5) is 46.7. The molecule has 0 saturated heterocycles. The standard InChI is InChI=1S/C24H26F3N4O8P/c1-14(32)31(29-11-16-3-2-4-21(26)23(16)27)19(9-20(33)13-39-40(35,36)37)12-38-24(34)30-22-8-17-7-18(25)6-5-15(17)10-28-22/h2-8,10,19-20,29,33H,9,11-13H2,1H3,(H,28,30,34)(H2,35,36,37)/t19-,20+/m0/s1. The first-order valence-electron chi connectivity index (χ1n) is 11.7. The van der Waals surface area contributed by atoms with E-state index in [0.717, 1.165) is 18.0 Å². The van der Waals surface area contributed by atoms with E-state index in [1.165, 1.54) is 42.6 Å². The molecule has 12 nitrogen and oxygen atoms in total. The van der Waals surface area contributed by atoms with Crippen LogP contribution >= 0.6 is 7.82 Å². The summed E-state index contributed by atoms with van der Waals surface area (Å²) in [7, 11) is -4.92. The zero-order valence-electron chi connectivity index (χ0n) is 21.0. The number of phosphoric ester groups is 1. The summed E-state index contributed by atoms with van der Waals surface area (Å²) in [6.07, 6.45) is -1.60. The molecule has 1 heterocycles. The second-order valence-corrected chi connectivity index (χ2v) is 9.79. The zero-order valence-corrected chi connectivity index (χ0v) is 21.9. The number of ether oxygens (including phenoxy) is 1. The number of aliphatic hydroxyl groups excluding tert-OH is 1. The lowest BCUT2D eigenvalue weighted by Gasteiger charge is -2.32. The topological polar surface area (TPSA) is 171 Å². The van der Waals surface area contributed by atoms with Crippen LogP contribution < -0.4 is 10.7 Å². The zero-order chi connectivity index (χ0) is 29.4. The molecule has 0 bridgehead atoms. The quantitative estimate of drug-likeness (QED) is 0.157. The Labute approximate surface area is 225 Å². The van der Waals surface area contributed by atoms with E-state index in [0.29, 0.717) is 10.8 Å². The average Bonchev–Trinajstić information content (AvgIpc) is 2.87. The van der Waals surface area contributed by atoms with Crippen molar-refractivity contribution in [3.05, 3.63) is 71.7 Å². The molecule has 2 aromatic carbocycles. The number of nitrogens with zero attached hydrogens (tertiary/aromatic N) is 2. The van der Waals surface area contributed by atoms with Crippen molar-refractivity contribution in [2.75, 3.05) is 18.5 Å². The lowest BCUT2D eigenvalue weighted by atomic mass is 10.1. The number of benzene rings is 2. The number of hydrazine groups is 1. The maximum Gasteiger partial charge on any atom is 0.469 e. The molecule has 3 aromatic rings. The molecule has 0 aliphatic carbocycles. The van der Waals surface area contributed by atoms with E-state index in [1.807, 2.05) is 0 Å². The highest BCUT2D eigenvalue weighted by Gasteiger charge is 2.28. The Kier molecular flexibility index (Phi) is 10.6. The molecule has 2 atom stereocenters. The molecule has 0 aliphatic heterocycles. The van der Waals surface area contributed by atoms with E-state index in [2.05, 4.69) is 20.3 Å². The minimum absolute atomic E-state index is 0.0258. The smallest absolute Gasteiger partial charge is 0.447 e. The van der Waals surface area contributed by atoms with Gasteiger partial charge in [0.25, 0.3) is 0 Å². The molecule has 1 aromatic heterocycles. The molecule has 0 saturated carbocycles. The number of hydrogen-bond donors (Lipinski definition) is 5. The van der Waals surface area contributed by atoms with Gasteiger partial charge in [-0.1, -0.05) is 12.1 Å². The third-order valence-corrected chi connectivity index (χ3v) is 5.96. The van der Waals surface area contributed by atoms with Gasteiger partial charge in [-0.2, -0.15) is 0 Å². The number of amides is 2. The van der Waals surface area contributed by atoms with Crippen molar-refractivity contribution < 1.29 is 51.5 Å². The molecule has 216 valence electrons. The van der Waals surface area contributed by atoms with E-state index in [-0.39, 0.29) is 17.9 Å². The van der Waals surface area contributed by atoms with Crippen LogP contribution in [0.4, 0.5) is 23.8 Å². The molecular weight excluding hydrogens is 560 g/mol. The number of hydrogen-bond acceptors (Lipinski definition) is 8. The van der Waals surface area contributed by atoms with Crippen LogP contribution in [0.2, 0.25) is 0 Å². The Morgan fingerprint density at radius 2 is 1.85 bits per heavy atom. The van der Waals surface area contributed by atoms with Crippen molar-refractivity contribution in [3.63, 3.8) is 0 Å². The highest BCUT2D eigenvalue weighted by atomic mass is 31.2. The third kappa shape index (κ3) is 9.26. The van der Waals surface area contributed by atoms with Gasteiger partial charge in [0, 0.05) is 37.0 Å². The van der Waals surface area contributed by atoms with E-state index in [9.17, 15) is 32.4 Å². The molecule has 0 radical (unpaired) electrons. The highest BCUT2D eigenvalue weighted by Crippen LogP contribution is 2.36. The third-order valence-electron chi connectivity index (χ3n) is 5.48. The first kappa shape index (κ1) is 30.9. The fourth-order valence-electron chi connectivity index (χ4n) is 3.66. The summed E-state index contributed by atoms with van der Waals surface area (Å²) >= 11 is 0. The molecule has 0 spiro atoms. The lowest BCUT2D eigenvalue weighted by Crippen LogP contribution is -2.52. The number of aromatic nitrogens is 1. The van der Waals surface area contributed by atoms with Crippen molar-refractivity contribution in [1.29, 1.82) is 0 Å². The first-order chi connectivity index (χ1) is 18.8. The molecule has 0 aliphatic rings. The molecule has 40 heavy (non-hydrogen) atoms. The van der Waals surface area contributed by atoms with Crippen LogP contribution in [0, 0.1) is 17.5 Å². The minimum Gasteiger partial charge on any atom is -0.447 e. The largest absolute Gasteiger partial charge is 0.469 e. The predicted molar refractivity (Wildman–Crippen MR) is 135 cm³/mol. The SMILES string of the molecule is CC(=O)N(NCc1cccc(F)c1F)[C@H](COC(=O)Nc1cc2cc(F)ccc2cn1)C[C@@H](O)COP(=O)(O)O. The number of rotatable bonds is 12. The number of anilines is 1. The Morgan fingerprint density at radius 3 is 2.55 bits per heavy atom. The molecule has 16 heteroatoms. The van der Waals surface area contributed by atoms with Crippen LogP contribution in [0.1, 0.15) is 18.9 Å². The maximum atomic E-state index is 14.1. The number of phosphoric acid groups is 1. The van der Waals surface area contributed by atoms with Crippen molar-refractivity contribution in [2.45, 2.75) is 32.0 Å². The lowest BCUT2D eigenvalue weighted by molar-refractivity contribution is -0.137. The average molecular weight is 586 g/mol. The normalized spacial score (nSPS) is 13.1. The first-order valence-corrected chi connectivity index (χ1v) is 13.2. The van der Waals surface area contributed by atoms with Gasteiger partial charge >= 0.3 is 13.9 Å². The minimum atomic E-state index is -4.92. The number of fused-ring (bicyclic) bond motifs is 1. The van der Waals surface area contributed by atoms with Crippen molar-refractivity contribution >= 4 is 36.4 Å². The van der Waals surface area contributed by atoms with Crippen LogP contribution in [0.25, 0.3) is 10.8 Å². The van der Waals surface area contributed by atoms with Crippen LogP contribution in [-0.4, -0.2) is 62.2 Å². The van der Waals surface area contributed by atoms with E-state index >= 15 is 0 Å². The number of pyridine rings is 1. The van der Waals surface area contributed by atoms with Gasteiger partial charge in [-0.15, -0.1) is 0 Å². The van der Waals surface area contributed by atoms with Gasteiger partial charge in [-0.25, -0.2) is 32.9 Å². The second kappa shape index (κ2) is 13.7. The van der Waals surface area contributed by atoms with Gasteiger partial charge in [0.1, 0.15) is 18.2 Å². The number of nitrogens with one attached hydrogen (secondary N) is 2. The number of halogens is 3. The Morgan fingerprint density at radius 1 is 1.10 bits per heavy atom. The molecule has 0 fully saturated rings. The Bertz CT molecular complexity index is 1410. The Hall–Kier alpha value is -3.59. The monoisotopic (exact) mass is 586 g/mol. The van der Waals surface area contributed by atoms with E-state index < -0.39 is 69.1 Å². The highest BCUT2D eigenvalue weighted by molar-refractivity contribution is 7.46. The van der Waals surface area contributed by atoms with Gasteiger partial charge in [-0.05, 0) is 35.7 Å². The fraction of sp³-hybridized carbons (Fsp3) is 0.292. The van der Waals surface area contributed by atoms with Crippen LogP contribution in [0.15, 0.2) is 48.7 Å². The fourth-order valence-corrected chi connectivity index (χ4v) is 4.03. The van der Waals surface area contributed by atoms with Crippen molar-refractivity contribution in [2.24, 2.45) is 0 Å². The van der Waals surface area contributed by atoms with E-state index in [4.69, 9.17) is 14.5 Å². The van der Waals surface area contributed by atoms with Gasteiger partial charge in [-0.3, -0.25) is 19.6 Å². The van der Waals surface area contributed by atoms with E-state index in [1.54, 1.807) is 0 Å². The molecular formula is C24H26F3N4O8P. The second-order valence-electron chi connectivity index (χ2n) is 8.55. The molecule has 3 rings (SSSR count). The van der Waals surface area contributed by atoms with Gasteiger partial charge in [0.2, 0.25) is 5.91 Å². The Balaban J connectivity index is 1.72. The van der Waals surface area contributed by atoms with Gasteiger partial charge in [0.15, 0.2) is 11.6 Å². The van der Waals surface area contributed by atoms with Crippen LogP contribution in [-0.2, 0) is 25.2 Å². The number of carbonyl (C=O) groups excluding carboxylic acids is 2. The van der Waals surface area contributed by atoms with Gasteiger partial charge < -0.3 is 19.6 Å².